The number of amides is 2. The molecule has 0 fully saturated rings. The summed E-state index contributed by atoms with van der Waals surface area (Å²) in [6.45, 7) is 3.84. The van der Waals surface area contributed by atoms with Crippen LogP contribution in [0.2, 0.25) is 0 Å². The lowest BCUT2D eigenvalue weighted by Gasteiger charge is -2.11. The molecular weight excluding hydrogens is 368 g/mol. The van der Waals surface area contributed by atoms with Crippen LogP contribution in [0, 0.1) is 13.8 Å². The molecule has 146 valence electrons. The maximum atomic E-state index is 12.4. The number of carbonyl (C=O) groups is 3. The Morgan fingerprint density at radius 2 is 1.00 bits per heavy atom. The SMILES string of the molecule is Cc1ccc(C(=O)Nc2cc(NC(=O)c3ccc(C)cc3)cc(C(=O)O)c2)cc1. The van der Waals surface area contributed by atoms with Crippen molar-refractivity contribution < 1.29 is 19.5 Å². The van der Waals surface area contributed by atoms with E-state index < -0.39 is 5.97 Å². The van der Waals surface area contributed by atoms with Gasteiger partial charge in [0.15, 0.2) is 0 Å². The Morgan fingerprint density at radius 3 is 1.34 bits per heavy atom. The monoisotopic (exact) mass is 388 g/mol. The second kappa shape index (κ2) is 8.39. The summed E-state index contributed by atoms with van der Waals surface area (Å²) in [5, 5.41) is 14.7. The Labute approximate surface area is 168 Å². The molecule has 0 bridgehead atoms. The molecule has 0 aromatic heterocycles. The van der Waals surface area contributed by atoms with Crippen LogP contribution in [0.1, 0.15) is 42.2 Å². The van der Waals surface area contributed by atoms with Crippen molar-refractivity contribution in [3.05, 3.63) is 94.5 Å². The molecule has 29 heavy (non-hydrogen) atoms. The highest BCUT2D eigenvalue weighted by atomic mass is 16.4. The number of hydrogen-bond acceptors (Lipinski definition) is 3. The van der Waals surface area contributed by atoms with Crippen LogP contribution in [0.15, 0.2) is 66.7 Å². The van der Waals surface area contributed by atoms with Gasteiger partial charge in [-0.05, 0) is 56.3 Å². The summed E-state index contributed by atoms with van der Waals surface area (Å²) < 4.78 is 0. The van der Waals surface area contributed by atoms with E-state index in [2.05, 4.69) is 10.6 Å². The van der Waals surface area contributed by atoms with Gasteiger partial charge in [-0.25, -0.2) is 4.79 Å². The molecule has 0 aliphatic heterocycles. The first-order valence-corrected chi connectivity index (χ1v) is 8.96. The van der Waals surface area contributed by atoms with E-state index in [1.807, 2.05) is 38.1 Å². The standard InChI is InChI=1S/C23H20N2O4/c1-14-3-7-16(8-4-14)21(26)24-19-11-18(23(28)29)12-20(13-19)25-22(27)17-9-5-15(2)6-10-17/h3-13H,1-2H3,(H,24,26)(H,25,27)(H,28,29). The second-order valence-corrected chi connectivity index (χ2v) is 6.74. The fourth-order valence-electron chi connectivity index (χ4n) is 2.71. The van der Waals surface area contributed by atoms with Crippen molar-refractivity contribution >= 4 is 29.2 Å². The third kappa shape index (κ3) is 5.07. The van der Waals surface area contributed by atoms with Gasteiger partial charge in [0.05, 0.1) is 5.56 Å². The molecule has 3 aromatic carbocycles. The number of carboxylic acids is 1. The van der Waals surface area contributed by atoms with E-state index in [9.17, 15) is 19.5 Å². The van der Waals surface area contributed by atoms with Gasteiger partial charge in [-0.1, -0.05) is 35.4 Å². The molecule has 3 aromatic rings. The Morgan fingerprint density at radius 1 is 0.621 bits per heavy atom. The summed E-state index contributed by atoms with van der Waals surface area (Å²) >= 11 is 0. The number of benzene rings is 3. The number of hydrogen-bond donors (Lipinski definition) is 3. The van der Waals surface area contributed by atoms with E-state index in [1.165, 1.54) is 18.2 Å². The fourth-order valence-corrected chi connectivity index (χ4v) is 2.71. The maximum absolute atomic E-state index is 12.4. The summed E-state index contributed by atoms with van der Waals surface area (Å²) in [6, 6.07) is 18.2. The number of aromatic carboxylic acids is 1. The smallest absolute Gasteiger partial charge is 0.335 e. The van der Waals surface area contributed by atoms with Gasteiger partial charge in [0, 0.05) is 22.5 Å². The zero-order valence-electron chi connectivity index (χ0n) is 16.0. The summed E-state index contributed by atoms with van der Waals surface area (Å²) in [6.07, 6.45) is 0. The largest absolute Gasteiger partial charge is 0.478 e. The van der Waals surface area contributed by atoms with Crippen LogP contribution in [-0.4, -0.2) is 22.9 Å². The molecule has 0 atom stereocenters. The Kier molecular flexibility index (Phi) is 5.74. The normalized spacial score (nSPS) is 10.3. The Balaban J connectivity index is 1.84. The molecule has 0 heterocycles. The number of carboxylic acid groups (broad SMARTS) is 1. The molecule has 0 saturated carbocycles. The van der Waals surface area contributed by atoms with Gasteiger partial charge in [0.25, 0.3) is 11.8 Å². The highest BCUT2D eigenvalue weighted by Gasteiger charge is 2.13. The lowest BCUT2D eigenvalue weighted by Crippen LogP contribution is -2.15. The van der Waals surface area contributed by atoms with Crippen LogP contribution in [0.4, 0.5) is 11.4 Å². The molecule has 0 aliphatic rings. The first-order chi connectivity index (χ1) is 13.8. The minimum Gasteiger partial charge on any atom is -0.478 e. The topological polar surface area (TPSA) is 95.5 Å². The zero-order chi connectivity index (χ0) is 21.0. The predicted molar refractivity (Wildman–Crippen MR) is 112 cm³/mol. The molecule has 6 nitrogen and oxygen atoms in total. The minimum absolute atomic E-state index is 0.0501. The molecule has 0 saturated heterocycles. The summed E-state index contributed by atoms with van der Waals surface area (Å²) in [7, 11) is 0. The van der Waals surface area contributed by atoms with Gasteiger partial charge in [-0.3, -0.25) is 9.59 Å². The van der Waals surface area contributed by atoms with E-state index in [-0.39, 0.29) is 28.8 Å². The highest BCUT2D eigenvalue weighted by Crippen LogP contribution is 2.21. The minimum atomic E-state index is -1.16. The molecule has 0 unspecified atom stereocenters. The van der Waals surface area contributed by atoms with Crippen molar-refractivity contribution in [3.63, 3.8) is 0 Å². The molecule has 3 N–H and O–H groups in total. The maximum Gasteiger partial charge on any atom is 0.335 e. The van der Waals surface area contributed by atoms with Gasteiger partial charge in [0.1, 0.15) is 0 Å². The van der Waals surface area contributed by atoms with Crippen molar-refractivity contribution in [1.82, 2.24) is 0 Å². The fraction of sp³-hybridized carbons (Fsp3) is 0.0870. The molecule has 2 amide bonds. The number of nitrogens with one attached hydrogen (secondary N) is 2. The van der Waals surface area contributed by atoms with E-state index in [1.54, 1.807) is 24.3 Å². The van der Waals surface area contributed by atoms with Crippen LogP contribution in [0.25, 0.3) is 0 Å². The van der Waals surface area contributed by atoms with Crippen LogP contribution < -0.4 is 10.6 Å². The zero-order valence-corrected chi connectivity index (χ0v) is 16.0. The van der Waals surface area contributed by atoms with Crippen molar-refractivity contribution in [1.29, 1.82) is 0 Å². The van der Waals surface area contributed by atoms with Crippen LogP contribution in [-0.2, 0) is 0 Å². The van der Waals surface area contributed by atoms with Crippen molar-refractivity contribution in [2.75, 3.05) is 10.6 Å². The third-order valence-electron chi connectivity index (χ3n) is 4.32. The van der Waals surface area contributed by atoms with E-state index in [0.717, 1.165) is 11.1 Å². The lowest BCUT2D eigenvalue weighted by atomic mass is 10.1. The summed E-state index contributed by atoms with van der Waals surface area (Å²) in [5.74, 6) is -1.91. The van der Waals surface area contributed by atoms with E-state index in [0.29, 0.717) is 11.1 Å². The Bertz CT molecular complexity index is 993. The van der Waals surface area contributed by atoms with Gasteiger partial charge < -0.3 is 15.7 Å². The molecule has 3 rings (SSSR count). The van der Waals surface area contributed by atoms with Gasteiger partial charge in [-0.2, -0.15) is 0 Å². The number of aryl methyl sites for hydroxylation is 2. The first kappa shape index (κ1) is 19.8. The third-order valence-corrected chi connectivity index (χ3v) is 4.32. The van der Waals surface area contributed by atoms with Crippen LogP contribution in [0.3, 0.4) is 0 Å². The van der Waals surface area contributed by atoms with Crippen LogP contribution in [0.5, 0.6) is 0 Å². The van der Waals surface area contributed by atoms with E-state index in [4.69, 9.17) is 0 Å². The highest BCUT2D eigenvalue weighted by molar-refractivity contribution is 6.07. The van der Waals surface area contributed by atoms with Crippen LogP contribution >= 0.6 is 0 Å². The number of anilines is 2. The summed E-state index contributed by atoms with van der Waals surface area (Å²) in [5.41, 5.74) is 3.43. The lowest BCUT2D eigenvalue weighted by molar-refractivity contribution is 0.0696. The average Bonchev–Trinajstić information content (AvgIpc) is 2.68. The van der Waals surface area contributed by atoms with Gasteiger partial charge >= 0.3 is 5.97 Å². The molecule has 6 heteroatoms. The van der Waals surface area contributed by atoms with Crippen molar-refractivity contribution in [2.24, 2.45) is 0 Å². The quantitative estimate of drug-likeness (QED) is 0.599. The van der Waals surface area contributed by atoms with E-state index >= 15 is 0 Å². The van der Waals surface area contributed by atoms with Crippen molar-refractivity contribution in [2.45, 2.75) is 13.8 Å². The Hall–Kier alpha value is -3.93. The molecule has 0 aliphatic carbocycles. The average molecular weight is 388 g/mol. The molecule has 0 spiro atoms. The number of carbonyl (C=O) groups excluding carboxylic acids is 2. The second-order valence-electron chi connectivity index (χ2n) is 6.74. The van der Waals surface area contributed by atoms with Crippen molar-refractivity contribution in [3.8, 4) is 0 Å². The number of rotatable bonds is 5. The summed E-state index contributed by atoms with van der Waals surface area (Å²) in [4.78, 5) is 36.4. The first-order valence-electron chi connectivity index (χ1n) is 8.96. The molecular formula is C23H20N2O4. The van der Waals surface area contributed by atoms with Gasteiger partial charge in [-0.15, -0.1) is 0 Å². The van der Waals surface area contributed by atoms with Gasteiger partial charge in [0.2, 0.25) is 0 Å². The molecule has 0 radical (unpaired) electrons. The predicted octanol–water partition coefficient (Wildman–Crippen LogP) is 4.51.